The van der Waals surface area contributed by atoms with Gasteiger partial charge in [0.05, 0.1) is 6.61 Å². The van der Waals surface area contributed by atoms with Crippen LogP contribution in [-0.4, -0.2) is 30.3 Å². The van der Waals surface area contributed by atoms with Crippen LogP contribution >= 0.6 is 0 Å². The zero-order valence-electron chi connectivity index (χ0n) is 16.5. The van der Waals surface area contributed by atoms with Gasteiger partial charge in [-0.05, 0) is 69.6 Å². The summed E-state index contributed by atoms with van der Waals surface area (Å²) >= 11 is 0. The van der Waals surface area contributed by atoms with Crippen molar-refractivity contribution in [1.29, 1.82) is 0 Å². The molecule has 156 valence electrons. The highest BCUT2D eigenvalue weighted by atomic mass is 17.3. The van der Waals surface area contributed by atoms with Gasteiger partial charge in [0, 0.05) is 31.1 Å². The number of rotatable bonds is 3. The van der Waals surface area contributed by atoms with Crippen LogP contribution in [0.1, 0.15) is 71.1 Å². The second-order valence-corrected chi connectivity index (χ2v) is 9.51. The van der Waals surface area contributed by atoms with Gasteiger partial charge in [0.1, 0.15) is 0 Å². The zero-order valence-corrected chi connectivity index (χ0v) is 16.5. The number of carbonyl (C=O) groups is 2. The number of ether oxygens (including phenoxy) is 3. The number of hydrogen-bond acceptors (Lipinski definition) is 7. The highest BCUT2D eigenvalue weighted by Gasteiger charge is 2.66. The molecule has 6 aliphatic rings. The minimum atomic E-state index is -0.917. The second kappa shape index (κ2) is 6.96. The highest BCUT2D eigenvalue weighted by molar-refractivity contribution is 5.81. The lowest BCUT2D eigenvalue weighted by Crippen LogP contribution is -2.59. The molecule has 0 atom stereocenters. The summed E-state index contributed by atoms with van der Waals surface area (Å²) in [5.41, 5.74) is 0. The molecule has 4 bridgehead atoms. The molecule has 0 aromatic carbocycles. The Bertz CT molecular complexity index is 609. The third-order valence-electron chi connectivity index (χ3n) is 7.73. The average molecular weight is 394 g/mol. The fourth-order valence-electron chi connectivity index (χ4n) is 6.63. The summed E-state index contributed by atoms with van der Waals surface area (Å²) in [4.78, 5) is 35.1. The molecule has 6 rings (SSSR count). The molecule has 1 aliphatic heterocycles. The van der Waals surface area contributed by atoms with Gasteiger partial charge in [0.25, 0.3) is 0 Å². The molecular formula is C21H30O7. The fourth-order valence-corrected chi connectivity index (χ4v) is 6.63. The molecule has 5 aliphatic carbocycles. The molecule has 1 heterocycles. The van der Waals surface area contributed by atoms with Crippen molar-refractivity contribution in [2.24, 2.45) is 29.6 Å². The van der Waals surface area contributed by atoms with E-state index in [2.05, 4.69) is 9.47 Å². The minimum Gasteiger partial charge on any atom is -0.434 e. The van der Waals surface area contributed by atoms with Crippen LogP contribution in [0.25, 0.3) is 0 Å². The van der Waals surface area contributed by atoms with E-state index >= 15 is 0 Å². The van der Waals surface area contributed by atoms with E-state index in [0.29, 0.717) is 24.7 Å². The Balaban J connectivity index is 1.16. The van der Waals surface area contributed by atoms with E-state index in [1.807, 2.05) is 0 Å². The highest BCUT2D eigenvalue weighted by Crippen LogP contribution is 2.63. The molecule has 0 N–H and O–H groups in total. The van der Waals surface area contributed by atoms with Crippen molar-refractivity contribution in [3.8, 4) is 0 Å². The number of hydrogen-bond donors (Lipinski definition) is 0. The van der Waals surface area contributed by atoms with Crippen molar-refractivity contribution in [2.75, 3.05) is 6.61 Å². The van der Waals surface area contributed by atoms with Crippen LogP contribution in [0.4, 0.5) is 4.79 Å². The van der Waals surface area contributed by atoms with Crippen molar-refractivity contribution < 1.29 is 33.6 Å². The lowest BCUT2D eigenvalue weighted by Gasteiger charge is -2.57. The molecule has 7 nitrogen and oxygen atoms in total. The third-order valence-corrected chi connectivity index (χ3v) is 7.73. The predicted octanol–water partition coefficient (Wildman–Crippen LogP) is 4.09. The van der Waals surface area contributed by atoms with E-state index in [4.69, 9.17) is 14.5 Å². The maximum Gasteiger partial charge on any atom is 0.516 e. The average Bonchev–Trinajstić information content (AvgIpc) is 3.02. The van der Waals surface area contributed by atoms with E-state index in [9.17, 15) is 9.59 Å². The van der Waals surface area contributed by atoms with Gasteiger partial charge in [0.15, 0.2) is 0 Å². The summed E-state index contributed by atoms with van der Waals surface area (Å²) in [6.45, 7) is 1.87. The second-order valence-electron chi connectivity index (χ2n) is 9.51. The lowest BCUT2D eigenvalue weighted by molar-refractivity contribution is -0.390. The summed E-state index contributed by atoms with van der Waals surface area (Å²) in [6, 6.07) is 0. The normalized spacial score (nSPS) is 46.2. The van der Waals surface area contributed by atoms with Gasteiger partial charge in [-0.1, -0.05) is 0 Å². The minimum absolute atomic E-state index is 0.162. The van der Waals surface area contributed by atoms with Gasteiger partial charge in [-0.15, -0.1) is 0 Å². The summed E-state index contributed by atoms with van der Waals surface area (Å²) in [5.74, 6) is 1.04. The Morgan fingerprint density at radius 2 is 1.61 bits per heavy atom. The molecule has 0 radical (unpaired) electrons. The molecular weight excluding hydrogens is 364 g/mol. The third kappa shape index (κ3) is 3.15. The number of esters is 1. The lowest BCUT2D eigenvalue weighted by atomic mass is 9.53. The Kier molecular flexibility index (Phi) is 4.68. The Hall–Kier alpha value is -1.18. The first-order valence-corrected chi connectivity index (χ1v) is 10.9. The van der Waals surface area contributed by atoms with Crippen LogP contribution in [0.5, 0.6) is 0 Å². The van der Waals surface area contributed by atoms with Crippen LogP contribution < -0.4 is 0 Å². The van der Waals surface area contributed by atoms with Gasteiger partial charge in [-0.2, -0.15) is 9.78 Å². The zero-order chi connectivity index (χ0) is 19.4. The smallest absolute Gasteiger partial charge is 0.434 e. The summed E-state index contributed by atoms with van der Waals surface area (Å²) < 4.78 is 16.0. The molecule has 0 aromatic rings. The standard InChI is InChI=1S/C21H30O7/c1-2-24-19(23)25-18(22)12-13-3-5-20(6-4-13)26-21(28-27-20)16-8-14-7-15(10-16)11-17(21)9-14/h13-17H,2-12H2,1H3/t13-,14?,15?,16?,17?,20-,21?. The first-order valence-electron chi connectivity index (χ1n) is 10.9. The van der Waals surface area contributed by atoms with Gasteiger partial charge in [0.2, 0.25) is 11.6 Å². The van der Waals surface area contributed by atoms with Gasteiger partial charge >= 0.3 is 12.1 Å². The molecule has 2 spiro atoms. The van der Waals surface area contributed by atoms with E-state index in [1.165, 1.54) is 32.1 Å². The summed E-state index contributed by atoms with van der Waals surface area (Å²) in [5, 5.41) is 0. The molecule has 6 fully saturated rings. The maximum absolute atomic E-state index is 11.9. The predicted molar refractivity (Wildman–Crippen MR) is 95.5 cm³/mol. The van der Waals surface area contributed by atoms with Crippen molar-refractivity contribution in [2.45, 2.75) is 82.7 Å². The van der Waals surface area contributed by atoms with Crippen LogP contribution in [0.2, 0.25) is 0 Å². The van der Waals surface area contributed by atoms with Crippen LogP contribution in [0.3, 0.4) is 0 Å². The van der Waals surface area contributed by atoms with E-state index in [0.717, 1.165) is 24.7 Å². The summed E-state index contributed by atoms with van der Waals surface area (Å²) in [6.07, 6.45) is 8.49. The maximum atomic E-state index is 11.9. The first-order chi connectivity index (χ1) is 13.5. The molecule has 0 amide bonds. The topological polar surface area (TPSA) is 80.3 Å². The first kappa shape index (κ1) is 18.8. The Morgan fingerprint density at radius 3 is 2.21 bits per heavy atom. The molecule has 7 heteroatoms. The largest absolute Gasteiger partial charge is 0.516 e. The monoisotopic (exact) mass is 394 g/mol. The van der Waals surface area contributed by atoms with Crippen LogP contribution in [0, 0.1) is 29.6 Å². The molecule has 28 heavy (non-hydrogen) atoms. The van der Waals surface area contributed by atoms with E-state index < -0.39 is 23.7 Å². The van der Waals surface area contributed by atoms with Crippen molar-refractivity contribution in [3.63, 3.8) is 0 Å². The van der Waals surface area contributed by atoms with Crippen molar-refractivity contribution in [1.82, 2.24) is 0 Å². The Morgan fingerprint density at radius 1 is 0.964 bits per heavy atom. The summed E-state index contributed by atoms with van der Waals surface area (Å²) in [7, 11) is 0. The van der Waals surface area contributed by atoms with E-state index in [-0.39, 0.29) is 18.9 Å². The molecule has 0 aromatic heterocycles. The van der Waals surface area contributed by atoms with Gasteiger partial charge in [-0.3, -0.25) is 4.79 Å². The van der Waals surface area contributed by atoms with Gasteiger partial charge < -0.3 is 14.2 Å². The van der Waals surface area contributed by atoms with Crippen LogP contribution in [-0.2, 0) is 28.8 Å². The molecule has 1 saturated heterocycles. The number of carbonyl (C=O) groups excluding carboxylic acids is 2. The fraction of sp³-hybridized carbons (Fsp3) is 0.905. The quantitative estimate of drug-likeness (QED) is 0.405. The Labute approximate surface area is 165 Å². The van der Waals surface area contributed by atoms with Gasteiger partial charge in [-0.25, -0.2) is 4.79 Å². The van der Waals surface area contributed by atoms with Crippen molar-refractivity contribution in [3.05, 3.63) is 0 Å². The van der Waals surface area contributed by atoms with Crippen molar-refractivity contribution >= 4 is 12.1 Å². The molecule has 5 saturated carbocycles. The molecule has 0 unspecified atom stereocenters. The SMILES string of the molecule is CCOC(=O)OC(=O)C[C@H]1CC[C@@]2(CC1)OOC1(O2)C2CC3CC(C2)CC1C3. The van der Waals surface area contributed by atoms with Crippen LogP contribution in [0.15, 0.2) is 0 Å². The van der Waals surface area contributed by atoms with E-state index in [1.54, 1.807) is 6.92 Å².